The predicted molar refractivity (Wildman–Crippen MR) is 75.2 cm³/mol. The average molecular weight is 272 g/mol. The normalized spacial score (nSPS) is 11.4. The number of aromatic nitrogens is 3. The molecule has 2 aromatic heterocycles. The Bertz CT molecular complexity index is 629. The third-order valence-electron chi connectivity index (χ3n) is 2.74. The number of rotatable bonds is 4. The van der Waals surface area contributed by atoms with Gasteiger partial charge in [-0.2, -0.15) is 5.10 Å². The molecular weight excluding hydrogens is 256 g/mol. The summed E-state index contributed by atoms with van der Waals surface area (Å²) in [5.41, 5.74) is 8.09. The Morgan fingerprint density at radius 2 is 2.20 bits per heavy atom. The van der Waals surface area contributed by atoms with Crippen molar-refractivity contribution in [1.29, 1.82) is 0 Å². The van der Waals surface area contributed by atoms with Gasteiger partial charge in [-0.1, -0.05) is 6.07 Å². The largest absolute Gasteiger partial charge is 0.462 e. The van der Waals surface area contributed by atoms with Crippen LogP contribution in [-0.4, -0.2) is 27.3 Å². The fourth-order valence-corrected chi connectivity index (χ4v) is 1.76. The molecule has 2 N–H and O–H groups in total. The average Bonchev–Trinajstić information content (AvgIpc) is 2.87. The second-order valence-corrected chi connectivity index (χ2v) is 4.14. The number of ether oxygens (including phenoxy) is 1. The molecule has 0 bridgehead atoms. The van der Waals surface area contributed by atoms with Crippen molar-refractivity contribution in [3.05, 3.63) is 42.6 Å². The van der Waals surface area contributed by atoms with E-state index in [0.29, 0.717) is 12.3 Å². The molecule has 0 unspecified atom stereocenters. The summed E-state index contributed by atoms with van der Waals surface area (Å²) >= 11 is 0. The first-order valence-corrected chi connectivity index (χ1v) is 6.20. The molecule has 0 aliphatic carbocycles. The monoisotopic (exact) mass is 272 g/mol. The summed E-state index contributed by atoms with van der Waals surface area (Å²) < 4.78 is 6.64. The maximum atomic E-state index is 11.7. The van der Waals surface area contributed by atoms with Crippen molar-refractivity contribution in [3.63, 3.8) is 0 Å². The summed E-state index contributed by atoms with van der Waals surface area (Å²) in [7, 11) is 1.85. The fourth-order valence-electron chi connectivity index (χ4n) is 1.76. The van der Waals surface area contributed by atoms with Crippen molar-refractivity contribution in [2.45, 2.75) is 6.92 Å². The molecule has 0 atom stereocenters. The second-order valence-electron chi connectivity index (χ2n) is 4.14. The van der Waals surface area contributed by atoms with Gasteiger partial charge in [0.15, 0.2) is 0 Å². The molecule has 2 heterocycles. The van der Waals surface area contributed by atoms with E-state index in [-0.39, 0.29) is 5.57 Å². The van der Waals surface area contributed by atoms with Crippen LogP contribution >= 0.6 is 0 Å². The highest BCUT2D eigenvalue weighted by molar-refractivity contribution is 6.15. The van der Waals surface area contributed by atoms with E-state index in [1.807, 2.05) is 19.3 Å². The van der Waals surface area contributed by atoms with Crippen molar-refractivity contribution in [1.82, 2.24) is 14.8 Å². The van der Waals surface area contributed by atoms with Crippen molar-refractivity contribution in [3.8, 4) is 11.1 Å². The molecule has 2 rings (SSSR count). The van der Waals surface area contributed by atoms with Crippen molar-refractivity contribution in [2.24, 2.45) is 12.8 Å². The molecule has 0 aliphatic heterocycles. The van der Waals surface area contributed by atoms with Gasteiger partial charge in [-0.05, 0) is 13.0 Å². The molecular formula is C14H16N4O2. The van der Waals surface area contributed by atoms with E-state index in [1.165, 1.54) is 6.20 Å². The third kappa shape index (κ3) is 2.85. The van der Waals surface area contributed by atoms with Gasteiger partial charge < -0.3 is 10.5 Å². The zero-order chi connectivity index (χ0) is 14.5. The standard InChI is InChI=1S/C14H16N4O2/c1-3-20-14(19)12(6-15)13-5-4-10(7-16-13)11-8-17-18(2)9-11/h4-9H,3,15H2,1-2H3. The van der Waals surface area contributed by atoms with E-state index in [9.17, 15) is 4.79 Å². The molecule has 0 spiro atoms. The third-order valence-corrected chi connectivity index (χ3v) is 2.74. The Hall–Kier alpha value is -2.63. The van der Waals surface area contributed by atoms with Gasteiger partial charge in [-0.3, -0.25) is 9.67 Å². The lowest BCUT2D eigenvalue weighted by Gasteiger charge is -2.06. The Kier molecular flexibility index (Phi) is 4.14. The molecule has 2 aromatic rings. The van der Waals surface area contributed by atoms with E-state index < -0.39 is 5.97 Å². The van der Waals surface area contributed by atoms with Gasteiger partial charge in [-0.15, -0.1) is 0 Å². The van der Waals surface area contributed by atoms with Gasteiger partial charge in [0, 0.05) is 36.8 Å². The van der Waals surface area contributed by atoms with E-state index in [2.05, 4.69) is 10.1 Å². The van der Waals surface area contributed by atoms with E-state index in [4.69, 9.17) is 10.5 Å². The maximum absolute atomic E-state index is 11.7. The number of nitrogens with zero attached hydrogens (tertiary/aromatic N) is 3. The molecule has 6 heteroatoms. The van der Waals surface area contributed by atoms with E-state index in [1.54, 1.807) is 30.1 Å². The maximum Gasteiger partial charge on any atom is 0.341 e. The number of aryl methyl sites for hydroxylation is 1. The molecule has 104 valence electrons. The van der Waals surface area contributed by atoms with Gasteiger partial charge in [0.1, 0.15) is 5.57 Å². The number of hydrogen-bond donors (Lipinski definition) is 1. The molecule has 0 saturated carbocycles. The molecule has 0 amide bonds. The number of nitrogens with two attached hydrogens (primary N) is 1. The van der Waals surface area contributed by atoms with Crippen molar-refractivity contribution in [2.75, 3.05) is 6.61 Å². The number of carbonyl (C=O) groups excluding carboxylic acids is 1. The SMILES string of the molecule is CCOC(=O)C(=CN)c1ccc(-c2cnn(C)c2)cn1. The Balaban J connectivity index is 2.25. The van der Waals surface area contributed by atoms with Crippen LogP contribution in [0, 0.1) is 0 Å². The van der Waals surface area contributed by atoms with E-state index >= 15 is 0 Å². The van der Waals surface area contributed by atoms with Crippen molar-refractivity contribution >= 4 is 11.5 Å². The number of esters is 1. The van der Waals surface area contributed by atoms with Gasteiger partial charge in [0.2, 0.25) is 0 Å². The summed E-state index contributed by atoms with van der Waals surface area (Å²) in [6.45, 7) is 2.04. The number of hydrogen-bond acceptors (Lipinski definition) is 5. The minimum Gasteiger partial charge on any atom is -0.462 e. The quantitative estimate of drug-likeness (QED) is 0.671. The first kappa shape index (κ1) is 13.8. The van der Waals surface area contributed by atoms with Gasteiger partial charge >= 0.3 is 5.97 Å². The predicted octanol–water partition coefficient (Wildman–Crippen LogP) is 1.34. The first-order chi connectivity index (χ1) is 9.65. The van der Waals surface area contributed by atoms with Crippen LogP contribution in [0.25, 0.3) is 16.7 Å². The minimum absolute atomic E-state index is 0.254. The van der Waals surface area contributed by atoms with Crippen LogP contribution in [0.1, 0.15) is 12.6 Å². The lowest BCUT2D eigenvalue weighted by molar-refractivity contribution is -0.136. The smallest absolute Gasteiger partial charge is 0.341 e. The molecule has 0 aromatic carbocycles. The Morgan fingerprint density at radius 1 is 1.40 bits per heavy atom. The fraction of sp³-hybridized carbons (Fsp3) is 0.214. The van der Waals surface area contributed by atoms with Crippen LogP contribution in [0.5, 0.6) is 0 Å². The van der Waals surface area contributed by atoms with Crippen LogP contribution in [0.2, 0.25) is 0 Å². The molecule has 0 aliphatic rings. The van der Waals surface area contributed by atoms with Crippen LogP contribution in [0.4, 0.5) is 0 Å². The number of pyridine rings is 1. The number of carbonyl (C=O) groups is 1. The summed E-state index contributed by atoms with van der Waals surface area (Å²) in [6.07, 6.45) is 6.53. The summed E-state index contributed by atoms with van der Waals surface area (Å²) in [4.78, 5) is 16.0. The molecule has 0 radical (unpaired) electrons. The second kappa shape index (κ2) is 6.01. The zero-order valence-electron chi connectivity index (χ0n) is 11.4. The van der Waals surface area contributed by atoms with Crippen LogP contribution in [0.3, 0.4) is 0 Å². The highest BCUT2D eigenvalue weighted by Gasteiger charge is 2.14. The summed E-state index contributed by atoms with van der Waals surface area (Å²) in [6, 6.07) is 3.60. The Labute approximate surface area is 116 Å². The van der Waals surface area contributed by atoms with Crippen LogP contribution < -0.4 is 5.73 Å². The highest BCUT2D eigenvalue weighted by atomic mass is 16.5. The molecule has 0 fully saturated rings. The topological polar surface area (TPSA) is 83.0 Å². The highest BCUT2D eigenvalue weighted by Crippen LogP contribution is 2.20. The molecule has 20 heavy (non-hydrogen) atoms. The van der Waals surface area contributed by atoms with Crippen LogP contribution in [0.15, 0.2) is 36.9 Å². The first-order valence-electron chi connectivity index (χ1n) is 6.20. The molecule has 0 saturated heterocycles. The lowest BCUT2D eigenvalue weighted by atomic mass is 10.1. The summed E-state index contributed by atoms with van der Waals surface area (Å²) in [5.74, 6) is -0.475. The molecule has 6 nitrogen and oxygen atoms in total. The van der Waals surface area contributed by atoms with Gasteiger partial charge in [0.25, 0.3) is 0 Å². The Morgan fingerprint density at radius 3 is 2.70 bits per heavy atom. The van der Waals surface area contributed by atoms with Gasteiger partial charge in [-0.25, -0.2) is 4.79 Å². The van der Waals surface area contributed by atoms with Crippen molar-refractivity contribution < 1.29 is 9.53 Å². The zero-order valence-corrected chi connectivity index (χ0v) is 11.4. The lowest BCUT2D eigenvalue weighted by Crippen LogP contribution is -2.09. The summed E-state index contributed by atoms with van der Waals surface area (Å²) in [5, 5.41) is 4.10. The van der Waals surface area contributed by atoms with Gasteiger partial charge in [0.05, 0.1) is 18.5 Å². The van der Waals surface area contributed by atoms with E-state index in [0.717, 1.165) is 11.1 Å². The van der Waals surface area contributed by atoms with Crippen LogP contribution in [-0.2, 0) is 16.6 Å². The minimum atomic E-state index is -0.475.